The summed E-state index contributed by atoms with van der Waals surface area (Å²) in [5, 5.41) is 6.95. The van der Waals surface area contributed by atoms with Crippen molar-refractivity contribution in [3.05, 3.63) is 64.2 Å². The number of carbonyl (C=O) groups excluding carboxylic acids is 1. The first-order chi connectivity index (χ1) is 10.6. The normalized spacial score (nSPS) is 10.3. The quantitative estimate of drug-likeness (QED) is 0.843. The predicted molar refractivity (Wildman–Crippen MR) is 92.3 cm³/mol. The van der Waals surface area contributed by atoms with Crippen molar-refractivity contribution in [2.45, 2.75) is 26.8 Å². The Bertz CT molecular complexity index is 618. The SMILES string of the molecule is Cc1cccc(C)c1NCCC(=O)NCc1ccc(Cl)cc1. The third-order valence-corrected chi connectivity index (χ3v) is 3.79. The molecule has 0 aromatic heterocycles. The molecule has 0 aliphatic rings. The number of rotatable bonds is 6. The Labute approximate surface area is 136 Å². The summed E-state index contributed by atoms with van der Waals surface area (Å²) in [5.41, 5.74) is 4.55. The Balaban J connectivity index is 1.75. The molecule has 0 unspecified atom stereocenters. The molecule has 0 atom stereocenters. The van der Waals surface area contributed by atoms with E-state index in [1.165, 1.54) is 11.1 Å². The van der Waals surface area contributed by atoms with Crippen LogP contribution < -0.4 is 10.6 Å². The molecular weight excluding hydrogens is 296 g/mol. The summed E-state index contributed by atoms with van der Waals surface area (Å²) in [4.78, 5) is 11.9. The van der Waals surface area contributed by atoms with Gasteiger partial charge in [0.15, 0.2) is 0 Å². The van der Waals surface area contributed by atoms with Gasteiger partial charge in [-0.25, -0.2) is 0 Å². The average Bonchev–Trinajstić information content (AvgIpc) is 2.50. The summed E-state index contributed by atoms with van der Waals surface area (Å²) in [7, 11) is 0. The number of aryl methyl sites for hydroxylation is 2. The topological polar surface area (TPSA) is 41.1 Å². The maximum absolute atomic E-state index is 11.9. The summed E-state index contributed by atoms with van der Waals surface area (Å²) >= 11 is 5.83. The van der Waals surface area contributed by atoms with E-state index in [9.17, 15) is 4.79 Å². The maximum Gasteiger partial charge on any atom is 0.222 e. The van der Waals surface area contributed by atoms with Gasteiger partial charge < -0.3 is 10.6 Å². The van der Waals surface area contributed by atoms with Gasteiger partial charge in [-0.1, -0.05) is 41.9 Å². The van der Waals surface area contributed by atoms with E-state index in [0.29, 0.717) is 24.5 Å². The lowest BCUT2D eigenvalue weighted by Crippen LogP contribution is -2.25. The van der Waals surface area contributed by atoms with Crippen LogP contribution in [0, 0.1) is 13.8 Å². The number of carbonyl (C=O) groups is 1. The second-order valence-corrected chi connectivity index (χ2v) is 5.78. The molecule has 22 heavy (non-hydrogen) atoms. The third kappa shape index (κ3) is 4.78. The van der Waals surface area contributed by atoms with Gasteiger partial charge in [0.05, 0.1) is 0 Å². The van der Waals surface area contributed by atoms with Gasteiger partial charge in [-0.3, -0.25) is 4.79 Å². The smallest absolute Gasteiger partial charge is 0.222 e. The van der Waals surface area contributed by atoms with Gasteiger partial charge in [0.25, 0.3) is 0 Å². The van der Waals surface area contributed by atoms with E-state index in [-0.39, 0.29) is 5.91 Å². The first-order valence-corrected chi connectivity index (χ1v) is 7.75. The molecule has 2 N–H and O–H groups in total. The van der Waals surface area contributed by atoms with Crippen LogP contribution in [0.2, 0.25) is 5.02 Å². The highest BCUT2D eigenvalue weighted by Gasteiger charge is 2.04. The van der Waals surface area contributed by atoms with Crippen molar-refractivity contribution in [2.24, 2.45) is 0 Å². The number of nitrogens with one attached hydrogen (secondary N) is 2. The number of hydrogen-bond acceptors (Lipinski definition) is 2. The van der Waals surface area contributed by atoms with Gasteiger partial charge in [-0.15, -0.1) is 0 Å². The third-order valence-electron chi connectivity index (χ3n) is 3.54. The minimum Gasteiger partial charge on any atom is -0.384 e. The summed E-state index contributed by atoms with van der Waals surface area (Å²) in [6, 6.07) is 13.6. The zero-order valence-corrected chi connectivity index (χ0v) is 13.7. The zero-order valence-electron chi connectivity index (χ0n) is 12.9. The van der Waals surface area contributed by atoms with Crippen LogP contribution >= 0.6 is 11.6 Å². The van der Waals surface area contributed by atoms with E-state index in [1.807, 2.05) is 30.3 Å². The molecule has 2 rings (SSSR count). The molecule has 2 aromatic carbocycles. The van der Waals surface area contributed by atoms with E-state index < -0.39 is 0 Å². The molecule has 0 spiro atoms. The number of halogens is 1. The molecular formula is C18H21ClN2O. The monoisotopic (exact) mass is 316 g/mol. The molecule has 0 bridgehead atoms. The van der Waals surface area contributed by atoms with Crippen molar-refractivity contribution in [1.82, 2.24) is 5.32 Å². The average molecular weight is 317 g/mol. The van der Waals surface area contributed by atoms with E-state index in [0.717, 1.165) is 11.3 Å². The van der Waals surface area contributed by atoms with Crippen LogP contribution in [0.4, 0.5) is 5.69 Å². The van der Waals surface area contributed by atoms with E-state index in [1.54, 1.807) is 0 Å². The van der Waals surface area contributed by atoms with E-state index in [2.05, 4.69) is 36.6 Å². The second-order valence-electron chi connectivity index (χ2n) is 5.35. The molecule has 1 amide bonds. The van der Waals surface area contributed by atoms with Gasteiger partial charge in [0.2, 0.25) is 5.91 Å². The van der Waals surface area contributed by atoms with Crippen LogP contribution in [0.5, 0.6) is 0 Å². The van der Waals surface area contributed by atoms with Gasteiger partial charge in [-0.2, -0.15) is 0 Å². The second kappa shape index (κ2) is 7.85. The number of para-hydroxylation sites is 1. The fourth-order valence-corrected chi connectivity index (χ4v) is 2.41. The molecule has 2 aromatic rings. The van der Waals surface area contributed by atoms with Crippen LogP contribution in [0.1, 0.15) is 23.1 Å². The van der Waals surface area contributed by atoms with Crippen LogP contribution in [-0.4, -0.2) is 12.5 Å². The van der Waals surface area contributed by atoms with Gasteiger partial charge in [0, 0.05) is 30.2 Å². The summed E-state index contributed by atoms with van der Waals surface area (Å²) in [6.07, 6.45) is 0.446. The molecule has 4 heteroatoms. The van der Waals surface area contributed by atoms with Crippen molar-refractivity contribution in [3.8, 4) is 0 Å². The fourth-order valence-electron chi connectivity index (χ4n) is 2.29. The number of hydrogen-bond donors (Lipinski definition) is 2. The minimum absolute atomic E-state index is 0.0358. The standard InChI is InChI=1S/C18H21ClN2O/c1-13-4-3-5-14(2)18(13)20-11-10-17(22)21-12-15-6-8-16(19)9-7-15/h3-9,20H,10-12H2,1-2H3,(H,21,22). The van der Waals surface area contributed by atoms with E-state index in [4.69, 9.17) is 11.6 Å². The Hall–Kier alpha value is -2.00. The molecule has 3 nitrogen and oxygen atoms in total. The first-order valence-electron chi connectivity index (χ1n) is 7.37. The number of anilines is 1. The molecule has 0 fully saturated rings. The molecule has 0 saturated carbocycles. The Kier molecular flexibility index (Phi) is 5.84. The van der Waals surface area contributed by atoms with Crippen molar-refractivity contribution < 1.29 is 4.79 Å². The highest BCUT2D eigenvalue weighted by Crippen LogP contribution is 2.19. The van der Waals surface area contributed by atoms with Crippen LogP contribution in [-0.2, 0) is 11.3 Å². The fraction of sp³-hybridized carbons (Fsp3) is 0.278. The van der Waals surface area contributed by atoms with Gasteiger partial charge >= 0.3 is 0 Å². The predicted octanol–water partition coefficient (Wildman–Crippen LogP) is 4.08. The summed E-state index contributed by atoms with van der Waals surface area (Å²) < 4.78 is 0. The summed E-state index contributed by atoms with van der Waals surface area (Å²) in [5.74, 6) is 0.0358. The Morgan fingerprint density at radius 3 is 2.32 bits per heavy atom. The van der Waals surface area contributed by atoms with Gasteiger partial charge in [0.1, 0.15) is 0 Å². The molecule has 0 radical (unpaired) electrons. The number of amides is 1. The Morgan fingerprint density at radius 2 is 1.68 bits per heavy atom. The highest BCUT2D eigenvalue weighted by molar-refractivity contribution is 6.30. The zero-order chi connectivity index (χ0) is 15.9. The molecule has 0 aliphatic heterocycles. The van der Waals surface area contributed by atoms with Gasteiger partial charge in [-0.05, 0) is 42.7 Å². The van der Waals surface area contributed by atoms with E-state index >= 15 is 0 Å². The van der Waals surface area contributed by atoms with Crippen LogP contribution in [0.25, 0.3) is 0 Å². The molecule has 0 saturated heterocycles. The maximum atomic E-state index is 11.9. The van der Waals surface area contributed by atoms with Crippen LogP contribution in [0.3, 0.4) is 0 Å². The highest BCUT2D eigenvalue weighted by atomic mass is 35.5. The lowest BCUT2D eigenvalue weighted by Gasteiger charge is -2.12. The van der Waals surface area contributed by atoms with Crippen molar-refractivity contribution in [3.63, 3.8) is 0 Å². The summed E-state index contributed by atoms with van der Waals surface area (Å²) in [6.45, 7) is 5.28. The molecule has 0 aliphatic carbocycles. The lowest BCUT2D eigenvalue weighted by molar-refractivity contribution is -0.121. The lowest BCUT2D eigenvalue weighted by atomic mass is 10.1. The number of benzene rings is 2. The van der Waals surface area contributed by atoms with Crippen molar-refractivity contribution in [1.29, 1.82) is 0 Å². The van der Waals surface area contributed by atoms with Crippen molar-refractivity contribution >= 4 is 23.2 Å². The minimum atomic E-state index is 0.0358. The Morgan fingerprint density at radius 1 is 1.05 bits per heavy atom. The van der Waals surface area contributed by atoms with Crippen molar-refractivity contribution in [2.75, 3.05) is 11.9 Å². The molecule has 116 valence electrons. The first kappa shape index (κ1) is 16.4. The molecule has 0 heterocycles. The van der Waals surface area contributed by atoms with Crippen LogP contribution in [0.15, 0.2) is 42.5 Å². The largest absolute Gasteiger partial charge is 0.384 e.